The fourth-order valence-corrected chi connectivity index (χ4v) is 5.45. The molecule has 1 aromatic rings. The van der Waals surface area contributed by atoms with E-state index in [2.05, 4.69) is 4.72 Å². The highest BCUT2D eigenvalue weighted by Gasteiger charge is 2.41. The molecule has 2 atom stereocenters. The van der Waals surface area contributed by atoms with Crippen molar-refractivity contribution >= 4 is 33.7 Å². The van der Waals surface area contributed by atoms with E-state index < -0.39 is 26.8 Å². The first-order valence-corrected chi connectivity index (χ1v) is 12.2. The molecule has 2 aliphatic heterocycles. The third-order valence-electron chi connectivity index (χ3n) is 5.18. The normalized spacial score (nSPS) is 20.7. The number of piperazine rings is 1. The van der Waals surface area contributed by atoms with E-state index in [0.29, 0.717) is 31.9 Å². The molecule has 1 aromatic carbocycles. The number of benzene rings is 1. The van der Waals surface area contributed by atoms with Gasteiger partial charge >= 0.3 is 6.03 Å². The Labute approximate surface area is 174 Å². The Morgan fingerprint density at radius 1 is 1.31 bits per heavy atom. The second kappa shape index (κ2) is 8.88. The number of nitrogens with zero attached hydrogens (tertiary/aromatic N) is 3. The maximum atomic E-state index is 14.0. The third kappa shape index (κ3) is 4.67. The summed E-state index contributed by atoms with van der Waals surface area (Å²) in [5, 5.41) is 0. The van der Waals surface area contributed by atoms with Crippen molar-refractivity contribution < 1.29 is 22.4 Å². The zero-order chi connectivity index (χ0) is 21.2. The highest BCUT2D eigenvalue weighted by atomic mass is 32.2. The summed E-state index contributed by atoms with van der Waals surface area (Å²) >= 11 is 1.50. The number of amides is 3. The fraction of sp³-hybridized carbons (Fsp3) is 0.556. The quantitative estimate of drug-likeness (QED) is 0.672. The molecular formula is C18H25FN4O4S2. The Kier molecular flexibility index (Phi) is 6.69. The number of sulfonamides is 1. The Bertz CT molecular complexity index is 882. The molecule has 2 fully saturated rings. The van der Waals surface area contributed by atoms with E-state index >= 15 is 0 Å². The van der Waals surface area contributed by atoms with Gasteiger partial charge in [-0.25, -0.2) is 17.6 Å². The molecule has 0 saturated carbocycles. The minimum absolute atomic E-state index is 0.0544. The zero-order valence-electron chi connectivity index (χ0n) is 16.4. The van der Waals surface area contributed by atoms with Gasteiger partial charge in [0.1, 0.15) is 16.8 Å². The van der Waals surface area contributed by atoms with Crippen LogP contribution < -0.4 is 4.72 Å². The molecule has 29 heavy (non-hydrogen) atoms. The van der Waals surface area contributed by atoms with Gasteiger partial charge in [-0.15, -0.1) is 0 Å². The lowest BCUT2D eigenvalue weighted by Gasteiger charge is -2.38. The number of nitrogens with one attached hydrogen (secondary N) is 1. The molecule has 3 amide bonds. The second-order valence-corrected chi connectivity index (χ2v) is 9.85. The minimum atomic E-state index is -4.19. The molecule has 2 heterocycles. The van der Waals surface area contributed by atoms with Crippen LogP contribution in [0.5, 0.6) is 0 Å². The monoisotopic (exact) mass is 444 g/mol. The molecule has 0 aliphatic carbocycles. The first-order chi connectivity index (χ1) is 13.7. The van der Waals surface area contributed by atoms with Gasteiger partial charge in [0.25, 0.3) is 0 Å². The average molecular weight is 445 g/mol. The first kappa shape index (κ1) is 21.8. The lowest BCUT2D eigenvalue weighted by atomic mass is 10.1. The molecule has 8 nitrogen and oxygen atoms in total. The molecule has 2 saturated heterocycles. The van der Waals surface area contributed by atoms with Gasteiger partial charge in [0, 0.05) is 33.2 Å². The molecular weight excluding hydrogens is 419 g/mol. The standard InChI is InChI=1S/C18H25FN4O4S2/c1-21-11-13-12-22(8-9-23(13)18(21)25)17(24)15(7-10-28-2)20-29(26,27)16-6-4-3-5-14(16)19/h3-6,13,15,20H,7-12H2,1-2H3/t13-,15+/m0/s1. The molecule has 2 aliphatic rings. The minimum Gasteiger partial charge on any atom is -0.337 e. The fourth-order valence-electron chi connectivity index (χ4n) is 3.68. The van der Waals surface area contributed by atoms with E-state index in [0.717, 1.165) is 6.07 Å². The Morgan fingerprint density at radius 3 is 2.72 bits per heavy atom. The Balaban J connectivity index is 1.75. The number of thioether (sulfide) groups is 1. The van der Waals surface area contributed by atoms with E-state index in [-0.39, 0.29) is 24.4 Å². The van der Waals surface area contributed by atoms with Crippen LogP contribution >= 0.6 is 11.8 Å². The summed E-state index contributed by atoms with van der Waals surface area (Å²) in [4.78, 5) is 29.7. The Morgan fingerprint density at radius 2 is 2.03 bits per heavy atom. The number of urea groups is 1. The van der Waals surface area contributed by atoms with Crippen LogP contribution in [0.2, 0.25) is 0 Å². The van der Waals surface area contributed by atoms with Crippen molar-refractivity contribution in [3.8, 4) is 0 Å². The van der Waals surface area contributed by atoms with Gasteiger partial charge in [-0.05, 0) is 30.6 Å². The van der Waals surface area contributed by atoms with Crippen LogP contribution in [-0.2, 0) is 14.8 Å². The number of fused-ring (bicyclic) bond motifs is 1. The Hall–Kier alpha value is -1.85. The molecule has 160 valence electrons. The van der Waals surface area contributed by atoms with Crippen molar-refractivity contribution in [2.24, 2.45) is 0 Å². The molecule has 0 aromatic heterocycles. The number of hydrogen-bond acceptors (Lipinski definition) is 5. The third-order valence-corrected chi connectivity index (χ3v) is 7.33. The summed E-state index contributed by atoms with van der Waals surface area (Å²) in [7, 11) is -2.47. The van der Waals surface area contributed by atoms with E-state index in [1.54, 1.807) is 21.7 Å². The van der Waals surface area contributed by atoms with Crippen LogP contribution in [0.1, 0.15) is 6.42 Å². The zero-order valence-corrected chi connectivity index (χ0v) is 18.0. The number of likely N-dealkylation sites (N-methyl/N-ethyl adjacent to an activating group) is 1. The van der Waals surface area contributed by atoms with E-state index in [1.807, 2.05) is 6.26 Å². The number of carbonyl (C=O) groups is 2. The first-order valence-electron chi connectivity index (χ1n) is 9.31. The van der Waals surface area contributed by atoms with Gasteiger partial charge < -0.3 is 14.7 Å². The van der Waals surface area contributed by atoms with Gasteiger partial charge in [-0.2, -0.15) is 16.5 Å². The number of rotatable bonds is 7. The number of hydrogen-bond donors (Lipinski definition) is 1. The van der Waals surface area contributed by atoms with Crippen molar-refractivity contribution in [2.45, 2.75) is 23.4 Å². The van der Waals surface area contributed by atoms with Gasteiger partial charge in [-0.1, -0.05) is 12.1 Å². The summed E-state index contributed by atoms with van der Waals surface area (Å²) in [6.07, 6.45) is 2.16. The predicted molar refractivity (Wildman–Crippen MR) is 109 cm³/mol. The molecule has 0 unspecified atom stereocenters. The maximum Gasteiger partial charge on any atom is 0.320 e. The second-order valence-electron chi connectivity index (χ2n) is 7.18. The molecule has 0 spiro atoms. The predicted octanol–water partition coefficient (Wildman–Crippen LogP) is 0.804. The highest BCUT2D eigenvalue weighted by Crippen LogP contribution is 2.21. The SMILES string of the molecule is CSCC[C@@H](NS(=O)(=O)c1ccccc1F)C(=O)N1CCN2C(=O)N(C)C[C@H]2C1. The summed E-state index contributed by atoms with van der Waals surface area (Å²) in [5.74, 6) is -0.640. The smallest absolute Gasteiger partial charge is 0.320 e. The molecule has 0 bridgehead atoms. The maximum absolute atomic E-state index is 14.0. The summed E-state index contributed by atoms with van der Waals surface area (Å²) in [6, 6.07) is 3.93. The summed E-state index contributed by atoms with van der Waals surface area (Å²) < 4.78 is 41.8. The van der Waals surface area contributed by atoms with E-state index in [9.17, 15) is 22.4 Å². The van der Waals surface area contributed by atoms with Crippen LogP contribution in [-0.4, -0.2) is 92.4 Å². The topological polar surface area (TPSA) is 90.0 Å². The largest absolute Gasteiger partial charge is 0.337 e. The van der Waals surface area contributed by atoms with Crippen LogP contribution in [0.3, 0.4) is 0 Å². The number of halogens is 1. The van der Waals surface area contributed by atoms with Crippen LogP contribution in [0.15, 0.2) is 29.2 Å². The van der Waals surface area contributed by atoms with Crippen molar-refractivity contribution in [3.05, 3.63) is 30.1 Å². The van der Waals surface area contributed by atoms with Gasteiger partial charge in [0.15, 0.2) is 0 Å². The molecule has 0 radical (unpaired) electrons. The van der Waals surface area contributed by atoms with E-state index in [4.69, 9.17) is 0 Å². The molecule has 1 N–H and O–H groups in total. The van der Waals surface area contributed by atoms with Crippen LogP contribution in [0, 0.1) is 5.82 Å². The summed E-state index contributed by atoms with van der Waals surface area (Å²) in [6.45, 7) is 1.63. The molecule has 3 rings (SSSR count). The molecule has 11 heteroatoms. The number of carbonyl (C=O) groups excluding carboxylic acids is 2. The van der Waals surface area contributed by atoms with Crippen molar-refractivity contribution in [1.82, 2.24) is 19.4 Å². The summed E-state index contributed by atoms with van der Waals surface area (Å²) in [5.41, 5.74) is 0. The van der Waals surface area contributed by atoms with Gasteiger partial charge in [-0.3, -0.25) is 4.79 Å². The van der Waals surface area contributed by atoms with Gasteiger partial charge in [0.2, 0.25) is 15.9 Å². The van der Waals surface area contributed by atoms with E-state index in [1.165, 1.54) is 30.0 Å². The lowest BCUT2D eigenvalue weighted by Crippen LogP contribution is -2.58. The van der Waals surface area contributed by atoms with Gasteiger partial charge in [0.05, 0.1) is 6.04 Å². The van der Waals surface area contributed by atoms with Crippen molar-refractivity contribution in [2.75, 3.05) is 45.2 Å². The van der Waals surface area contributed by atoms with Crippen LogP contribution in [0.4, 0.5) is 9.18 Å². The average Bonchev–Trinajstić information content (AvgIpc) is 2.98. The van der Waals surface area contributed by atoms with Crippen molar-refractivity contribution in [3.63, 3.8) is 0 Å². The highest BCUT2D eigenvalue weighted by molar-refractivity contribution is 7.98. The lowest BCUT2D eigenvalue weighted by molar-refractivity contribution is -0.135. The van der Waals surface area contributed by atoms with Crippen molar-refractivity contribution in [1.29, 1.82) is 0 Å². The van der Waals surface area contributed by atoms with Crippen LogP contribution in [0.25, 0.3) is 0 Å².